The lowest BCUT2D eigenvalue weighted by atomic mass is 10.1. The quantitative estimate of drug-likeness (QED) is 0.849. The van der Waals surface area contributed by atoms with Crippen LogP contribution >= 0.6 is 0 Å². The molecule has 3 rings (SSSR count). The van der Waals surface area contributed by atoms with Crippen LogP contribution in [0.1, 0.15) is 31.7 Å². The smallest absolute Gasteiger partial charge is 0.322 e. The molecule has 1 unspecified atom stereocenters. The van der Waals surface area contributed by atoms with E-state index in [1.165, 1.54) is 5.56 Å². The second kappa shape index (κ2) is 7.79. The molecule has 2 aliphatic rings. The zero-order valence-corrected chi connectivity index (χ0v) is 13.8. The summed E-state index contributed by atoms with van der Waals surface area (Å²) in [6.45, 7) is 5.03. The first-order valence-corrected chi connectivity index (χ1v) is 8.60. The molecule has 126 valence electrons. The number of urea groups is 1. The average Bonchev–Trinajstić information content (AvgIpc) is 2.91. The summed E-state index contributed by atoms with van der Waals surface area (Å²) in [5.74, 6) is 0. The average molecular weight is 318 g/mol. The molecule has 5 heteroatoms. The normalized spacial score (nSPS) is 21.3. The molecule has 1 fully saturated rings. The number of hydrogen-bond donors (Lipinski definition) is 1. The molecule has 1 aromatic rings. The van der Waals surface area contributed by atoms with Crippen molar-refractivity contribution in [1.82, 2.24) is 5.32 Å². The van der Waals surface area contributed by atoms with Crippen molar-refractivity contribution in [3.05, 3.63) is 29.8 Å². The zero-order valence-electron chi connectivity index (χ0n) is 13.8. The molecule has 2 heterocycles. The van der Waals surface area contributed by atoms with E-state index in [0.717, 1.165) is 44.6 Å². The minimum Gasteiger partial charge on any atom is -0.381 e. The topological polar surface area (TPSA) is 50.8 Å². The van der Waals surface area contributed by atoms with Gasteiger partial charge < -0.3 is 14.8 Å². The van der Waals surface area contributed by atoms with E-state index in [2.05, 4.69) is 18.3 Å². The van der Waals surface area contributed by atoms with Gasteiger partial charge in [0.2, 0.25) is 0 Å². The molecule has 1 N–H and O–H groups in total. The van der Waals surface area contributed by atoms with Crippen LogP contribution in [0.3, 0.4) is 0 Å². The summed E-state index contributed by atoms with van der Waals surface area (Å²) >= 11 is 0. The zero-order chi connectivity index (χ0) is 16.1. The van der Waals surface area contributed by atoms with E-state index in [0.29, 0.717) is 19.3 Å². The van der Waals surface area contributed by atoms with Crippen LogP contribution in [0.4, 0.5) is 10.5 Å². The first-order valence-electron chi connectivity index (χ1n) is 8.60. The Morgan fingerprint density at radius 2 is 2.13 bits per heavy atom. The Morgan fingerprint density at radius 3 is 2.96 bits per heavy atom. The molecular formula is C18H26N2O3. The summed E-state index contributed by atoms with van der Waals surface area (Å²) < 4.78 is 11.1. The number of benzene rings is 1. The summed E-state index contributed by atoms with van der Waals surface area (Å²) in [6.07, 6.45) is 4.05. The highest BCUT2D eigenvalue weighted by Crippen LogP contribution is 2.31. The number of para-hydroxylation sites is 1. The number of nitrogens with zero attached hydrogens (tertiary/aromatic N) is 1. The number of nitrogens with one attached hydrogen (secondary N) is 1. The number of anilines is 1. The lowest BCUT2D eigenvalue weighted by molar-refractivity contribution is -0.0320. The number of hydrogen-bond acceptors (Lipinski definition) is 3. The van der Waals surface area contributed by atoms with Gasteiger partial charge in [-0.2, -0.15) is 0 Å². The number of fused-ring (bicyclic) bond motifs is 1. The Kier molecular flexibility index (Phi) is 5.51. The lowest BCUT2D eigenvalue weighted by Crippen LogP contribution is -2.43. The van der Waals surface area contributed by atoms with Crippen molar-refractivity contribution in [2.75, 3.05) is 31.3 Å². The number of carbonyl (C=O) groups is 1. The van der Waals surface area contributed by atoms with Gasteiger partial charge in [0.25, 0.3) is 0 Å². The molecule has 5 nitrogen and oxygen atoms in total. The Morgan fingerprint density at radius 1 is 1.35 bits per heavy atom. The third-order valence-electron chi connectivity index (χ3n) is 4.55. The largest absolute Gasteiger partial charge is 0.381 e. The van der Waals surface area contributed by atoms with E-state index in [1.807, 2.05) is 23.1 Å². The third-order valence-corrected chi connectivity index (χ3v) is 4.55. The SMILES string of the molecule is CC1Cc2ccccc2N1C(=O)NCCCOC1CCOCC1. The molecule has 0 bridgehead atoms. The second-order valence-corrected chi connectivity index (χ2v) is 6.32. The molecule has 1 saturated heterocycles. The summed E-state index contributed by atoms with van der Waals surface area (Å²) in [5, 5.41) is 3.02. The predicted molar refractivity (Wildman–Crippen MR) is 89.9 cm³/mol. The van der Waals surface area contributed by atoms with Crippen molar-refractivity contribution in [2.24, 2.45) is 0 Å². The van der Waals surface area contributed by atoms with Crippen LogP contribution in [0, 0.1) is 0 Å². The van der Waals surface area contributed by atoms with Crippen molar-refractivity contribution in [1.29, 1.82) is 0 Å². The van der Waals surface area contributed by atoms with Crippen molar-refractivity contribution >= 4 is 11.7 Å². The molecule has 23 heavy (non-hydrogen) atoms. The van der Waals surface area contributed by atoms with Gasteiger partial charge in [0.1, 0.15) is 0 Å². The Labute approximate surface area is 137 Å². The van der Waals surface area contributed by atoms with Crippen LogP contribution in [0.2, 0.25) is 0 Å². The molecule has 2 aliphatic heterocycles. The van der Waals surface area contributed by atoms with E-state index in [4.69, 9.17) is 9.47 Å². The maximum absolute atomic E-state index is 12.4. The van der Waals surface area contributed by atoms with E-state index >= 15 is 0 Å². The van der Waals surface area contributed by atoms with Gasteiger partial charge >= 0.3 is 6.03 Å². The Hall–Kier alpha value is -1.59. The highest BCUT2D eigenvalue weighted by Gasteiger charge is 2.30. The van der Waals surface area contributed by atoms with Gasteiger partial charge in [0, 0.05) is 38.1 Å². The Balaban J connectivity index is 1.39. The van der Waals surface area contributed by atoms with Crippen molar-refractivity contribution in [2.45, 2.75) is 44.8 Å². The summed E-state index contributed by atoms with van der Waals surface area (Å²) in [4.78, 5) is 14.3. The van der Waals surface area contributed by atoms with Gasteiger partial charge in [0.15, 0.2) is 0 Å². The van der Waals surface area contributed by atoms with Crippen LogP contribution in [-0.4, -0.2) is 44.5 Å². The van der Waals surface area contributed by atoms with Crippen molar-refractivity contribution < 1.29 is 14.3 Å². The van der Waals surface area contributed by atoms with Gasteiger partial charge in [-0.25, -0.2) is 4.79 Å². The van der Waals surface area contributed by atoms with Gasteiger partial charge in [-0.15, -0.1) is 0 Å². The van der Waals surface area contributed by atoms with Crippen molar-refractivity contribution in [3.8, 4) is 0 Å². The summed E-state index contributed by atoms with van der Waals surface area (Å²) in [6, 6.07) is 8.34. The maximum Gasteiger partial charge on any atom is 0.322 e. The fourth-order valence-electron chi connectivity index (χ4n) is 3.32. The predicted octanol–water partition coefficient (Wildman–Crippen LogP) is 2.73. The molecule has 1 aromatic carbocycles. The maximum atomic E-state index is 12.4. The molecule has 2 amide bonds. The van der Waals surface area contributed by atoms with Crippen LogP contribution in [-0.2, 0) is 15.9 Å². The fourth-order valence-corrected chi connectivity index (χ4v) is 3.32. The van der Waals surface area contributed by atoms with E-state index in [9.17, 15) is 4.79 Å². The molecule has 0 saturated carbocycles. The molecular weight excluding hydrogens is 292 g/mol. The van der Waals surface area contributed by atoms with Gasteiger partial charge in [-0.05, 0) is 44.2 Å². The minimum atomic E-state index is -0.00600. The summed E-state index contributed by atoms with van der Waals surface area (Å²) in [7, 11) is 0. The van der Waals surface area contributed by atoms with E-state index in [-0.39, 0.29) is 12.1 Å². The molecule has 0 spiro atoms. The fraction of sp³-hybridized carbons (Fsp3) is 0.611. The van der Waals surface area contributed by atoms with Gasteiger partial charge in [0.05, 0.1) is 6.10 Å². The van der Waals surface area contributed by atoms with Crippen LogP contribution in [0.25, 0.3) is 0 Å². The number of carbonyl (C=O) groups excluding carboxylic acids is 1. The van der Waals surface area contributed by atoms with E-state index < -0.39 is 0 Å². The third kappa shape index (κ3) is 4.03. The highest BCUT2D eigenvalue weighted by atomic mass is 16.5. The van der Waals surface area contributed by atoms with Crippen LogP contribution in [0.5, 0.6) is 0 Å². The van der Waals surface area contributed by atoms with Crippen LogP contribution in [0.15, 0.2) is 24.3 Å². The van der Waals surface area contributed by atoms with Crippen molar-refractivity contribution in [3.63, 3.8) is 0 Å². The highest BCUT2D eigenvalue weighted by molar-refractivity contribution is 5.94. The molecule has 1 atom stereocenters. The summed E-state index contributed by atoms with van der Waals surface area (Å²) in [5.41, 5.74) is 2.29. The monoisotopic (exact) mass is 318 g/mol. The first-order chi connectivity index (χ1) is 11.3. The van der Waals surface area contributed by atoms with Crippen LogP contribution < -0.4 is 10.2 Å². The first kappa shape index (κ1) is 16.3. The number of amides is 2. The Bertz CT molecular complexity index is 529. The number of ether oxygens (including phenoxy) is 2. The lowest BCUT2D eigenvalue weighted by Gasteiger charge is -2.24. The second-order valence-electron chi connectivity index (χ2n) is 6.32. The number of rotatable bonds is 5. The van der Waals surface area contributed by atoms with E-state index in [1.54, 1.807) is 0 Å². The van der Waals surface area contributed by atoms with Gasteiger partial charge in [-0.1, -0.05) is 18.2 Å². The molecule has 0 aromatic heterocycles. The van der Waals surface area contributed by atoms with Gasteiger partial charge in [-0.3, -0.25) is 4.90 Å². The molecule has 0 aliphatic carbocycles. The molecule has 0 radical (unpaired) electrons. The minimum absolute atomic E-state index is 0.00600. The standard InChI is InChI=1S/C18H26N2O3/c1-14-13-15-5-2-3-6-17(15)20(14)18(21)19-9-4-10-23-16-7-11-22-12-8-16/h2-3,5-6,14,16H,4,7-13H2,1H3,(H,19,21).